The summed E-state index contributed by atoms with van der Waals surface area (Å²) in [5, 5.41) is 6.01. The number of benzene rings is 1. The van der Waals surface area contributed by atoms with Gasteiger partial charge in [0.25, 0.3) is 0 Å². The average molecular weight is 347 g/mol. The lowest BCUT2D eigenvalue weighted by Crippen LogP contribution is -2.60. The van der Waals surface area contributed by atoms with Crippen molar-refractivity contribution in [3.05, 3.63) is 24.3 Å². The monoisotopic (exact) mass is 347 g/mol. The molecule has 0 bridgehead atoms. The van der Waals surface area contributed by atoms with E-state index in [-0.39, 0.29) is 11.6 Å². The van der Waals surface area contributed by atoms with Crippen LogP contribution in [0.5, 0.6) is 5.75 Å². The van der Waals surface area contributed by atoms with Crippen molar-refractivity contribution in [1.29, 1.82) is 0 Å². The van der Waals surface area contributed by atoms with Gasteiger partial charge < -0.3 is 20.1 Å². The summed E-state index contributed by atoms with van der Waals surface area (Å²) >= 11 is 0. The van der Waals surface area contributed by atoms with E-state index in [0.717, 1.165) is 50.6 Å². The zero-order valence-electron chi connectivity index (χ0n) is 15.1. The van der Waals surface area contributed by atoms with Gasteiger partial charge in [-0.25, -0.2) is 4.79 Å². The number of carbonyl (C=O) groups excluding carboxylic acids is 1. The van der Waals surface area contributed by atoms with Crippen LogP contribution in [-0.4, -0.2) is 56.4 Å². The zero-order valence-corrected chi connectivity index (χ0v) is 15.1. The first-order chi connectivity index (χ1) is 12.2. The third kappa shape index (κ3) is 4.64. The highest BCUT2D eigenvalue weighted by atomic mass is 16.5. The van der Waals surface area contributed by atoms with Crippen molar-refractivity contribution in [2.24, 2.45) is 0 Å². The number of urea groups is 1. The Hall–Kier alpha value is -1.79. The molecule has 1 aliphatic carbocycles. The molecule has 2 amide bonds. The van der Waals surface area contributed by atoms with Crippen LogP contribution in [0.25, 0.3) is 0 Å². The van der Waals surface area contributed by atoms with Gasteiger partial charge in [0, 0.05) is 30.9 Å². The number of anilines is 1. The molecule has 2 fully saturated rings. The van der Waals surface area contributed by atoms with Crippen LogP contribution in [0.4, 0.5) is 10.5 Å². The second kappa shape index (κ2) is 8.54. The molecule has 1 saturated heterocycles. The number of carbonyl (C=O) groups is 1. The number of morpholine rings is 1. The summed E-state index contributed by atoms with van der Waals surface area (Å²) in [6.45, 7) is 4.19. The van der Waals surface area contributed by atoms with Gasteiger partial charge >= 0.3 is 6.03 Å². The van der Waals surface area contributed by atoms with Gasteiger partial charge in [0.05, 0.1) is 20.3 Å². The van der Waals surface area contributed by atoms with Crippen molar-refractivity contribution in [2.45, 2.75) is 37.6 Å². The van der Waals surface area contributed by atoms with Crippen LogP contribution >= 0.6 is 0 Å². The first-order valence-electron chi connectivity index (χ1n) is 9.24. The Balaban J connectivity index is 1.57. The van der Waals surface area contributed by atoms with Crippen molar-refractivity contribution >= 4 is 11.7 Å². The molecule has 0 unspecified atom stereocenters. The van der Waals surface area contributed by atoms with Crippen LogP contribution in [0.15, 0.2) is 24.3 Å². The number of nitrogens with zero attached hydrogens (tertiary/aromatic N) is 1. The van der Waals surface area contributed by atoms with Gasteiger partial charge in [-0.1, -0.05) is 19.3 Å². The summed E-state index contributed by atoms with van der Waals surface area (Å²) in [5.41, 5.74) is 0.849. The summed E-state index contributed by atoms with van der Waals surface area (Å²) in [7, 11) is 1.63. The molecule has 138 valence electrons. The van der Waals surface area contributed by atoms with Gasteiger partial charge in [0.15, 0.2) is 0 Å². The molecule has 1 saturated carbocycles. The van der Waals surface area contributed by atoms with Crippen molar-refractivity contribution in [3.8, 4) is 5.75 Å². The van der Waals surface area contributed by atoms with E-state index in [2.05, 4.69) is 15.5 Å². The van der Waals surface area contributed by atoms with Gasteiger partial charge in [0.2, 0.25) is 0 Å². The average Bonchev–Trinajstić information content (AvgIpc) is 2.68. The van der Waals surface area contributed by atoms with E-state index in [1.165, 1.54) is 19.3 Å². The highest BCUT2D eigenvalue weighted by molar-refractivity contribution is 5.89. The van der Waals surface area contributed by atoms with E-state index < -0.39 is 0 Å². The molecule has 1 aromatic rings. The summed E-state index contributed by atoms with van der Waals surface area (Å²) in [6.07, 6.45) is 6.06. The Morgan fingerprint density at radius 1 is 1.16 bits per heavy atom. The number of hydrogen-bond acceptors (Lipinski definition) is 4. The smallest absolute Gasteiger partial charge is 0.319 e. The summed E-state index contributed by atoms with van der Waals surface area (Å²) < 4.78 is 10.6. The third-order valence-electron chi connectivity index (χ3n) is 5.39. The van der Waals surface area contributed by atoms with Gasteiger partial charge in [0.1, 0.15) is 5.75 Å². The predicted molar refractivity (Wildman–Crippen MR) is 98.2 cm³/mol. The van der Waals surface area contributed by atoms with Crippen LogP contribution in [-0.2, 0) is 4.74 Å². The molecule has 1 aliphatic heterocycles. The molecule has 3 rings (SSSR count). The maximum atomic E-state index is 12.3. The van der Waals surface area contributed by atoms with Gasteiger partial charge in [-0.05, 0) is 37.1 Å². The largest absolute Gasteiger partial charge is 0.497 e. The molecule has 0 aromatic heterocycles. The molecule has 2 N–H and O–H groups in total. The minimum Gasteiger partial charge on any atom is -0.497 e. The number of ether oxygens (including phenoxy) is 2. The number of methoxy groups -OCH3 is 1. The molecule has 0 radical (unpaired) electrons. The molecule has 6 nitrogen and oxygen atoms in total. The maximum absolute atomic E-state index is 12.3. The van der Waals surface area contributed by atoms with E-state index in [4.69, 9.17) is 9.47 Å². The third-order valence-corrected chi connectivity index (χ3v) is 5.39. The van der Waals surface area contributed by atoms with Crippen molar-refractivity contribution in [1.82, 2.24) is 10.2 Å². The lowest BCUT2D eigenvalue weighted by molar-refractivity contribution is -0.0356. The molecule has 1 heterocycles. The number of amides is 2. The highest BCUT2D eigenvalue weighted by Crippen LogP contribution is 2.33. The summed E-state index contributed by atoms with van der Waals surface area (Å²) in [5.74, 6) is 0.777. The maximum Gasteiger partial charge on any atom is 0.319 e. The van der Waals surface area contributed by atoms with Gasteiger partial charge in [-0.15, -0.1) is 0 Å². The quantitative estimate of drug-likeness (QED) is 0.860. The Morgan fingerprint density at radius 3 is 2.48 bits per heavy atom. The molecule has 6 heteroatoms. The predicted octanol–water partition coefficient (Wildman–Crippen LogP) is 2.85. The Kier molecular flexibility index (Phi) is 6.15. The van der Waals surface area contributed by atoms with Crippen LogP contribution in [0.1, 0.15) is 32.1 Å². The van der Waals surface area contributed by atoms with E-state index >= 15 is 0 Å². The molecular formula is C19H29N3O3. The van der Waals surface area contributed by atoms with Crippen LogP contribution < -0.4 is 15.4 Å². The molecule has 0 atom stereocenters. The van der Waals surface area contributed by atoms with Crippen LogP contribution in [0, 0.1) is 0 Å². The van der Waals surface area contributed by atoms with E-state index in [9.17, 15) is 4.79 Å². The number of nitrogens with one attached hydrogen (secondary N) is 2. The van der Waals surface area contributed by atoms with Gasteiger partial charge in [-0.2, -0.15) is 0 Å². The molecule has 25 heavy (non-hydrogen) atoms. The van der Waals surface area contributed by atoms with E-state index in [0.29, 0.717) is 6.54 Å². The molecular weight excluding hydrogens is 318 g/mol. The SMILES string of the molecule is COc1ccc(NC(=O)NCC2(N3CCOCC3)CCCCC2)cc1. The topological polar surface area (TPSA) is 62.8 Å². The second-order valence-corrected chi connectivity index (χ2v) is 6.92. The van der Waals surface area contributed by atoms with Crippen molar-refractivity contribution in [2.75, 3.05) is 45.3 Å². The first-order valence-corrected chi connectivity index (χ1v) is 9.24. The first kappa shape index (κ1) is 18.0. The van der Waals surface area contributed by atoms with Crippen molar-refractivity contribution < 1.29 is 14.3 Å². The zero-order chi connectivity index (χ0) is 17.5. The number of rotatable bonds is 5. The lowest BCUT2D eigenvalue weighted by atomic mass is 9.80. The van der Waals surface area contributed by atoms with Crippen LogP contribution in [0.2, 0.25) is 0 Å². The lowest BCUT2D eigenvalue weighted by Gasteiger charge is -2.48. The Bertz CT molecular complexity index is 550. The fourth-order valence-corrected chi connectivity index (χ4v) is 3.95. The van der Waals surface area contributed by atoms with Crippen LogP contribution in [0.3, 0.4) is 0 Å². The molecule has 1 aromatic carbocycles. The number of hydrogen-bond donors (Lipinski definition) is 2. The fraction of sp³-hybridized carbons (Fsp3) is 0.632. The highest BCUT2D eigenvalue weighted by Gasteiger charge is 2.38. The molecule has 2 aliphatic rings. The Labute approximate surface area is 149 Å². The molecule has 0 spiro atoms. The minimum absolute atomic E-state index is 0.0826. The Morgan fingerprint density at radius 2 is 1.84 bits per heavy atom. The fourth-order valence-electron chi connectivity index (χ4n) is 3.95. The van der Waals surface area contributed by atoms with E-state index in [1.807, 2.05) is 24.3 Å². The standard InChI is InChI=1S/C19H29N3O3/c1-24-17-7-5-16(6-8-17)21-18(23)20-15-19(9-3-2-4-10-19)22-11-13-25-14-12-22/h5-8H,2-4,9-15H2,1H3,(H2,20,21,23). The minimum atomic E-state index is -0.150. The normalized spacial score (nSPS) is 20.7. The second-order valence-electron chi connectivity index (χ2n) is 6.92. The summed E-state index contributed by atoms with van der Waals surface area (Å²) in [4.78, 5) is 14.9. The van der Waals surface area contributed by atoms with Gasteiger partial charge in [-0.3, -0.25) is 4.90 Å². The summed E-state index contributed by atoms with van der Waals surface area (Å²) in [6, 6.07) is 7.22. The van der Waals surface area contributed by atoms with E-state index in [1.54, 1.807) is 7.11 Å². The van der Waals surface area contributed by atoms with Crippen molar-refractivity contribution in [3.63, 3.8) is 0 Å².